The number of nitrogens with two attached hydrogens (primary N) is 1. The zero-order valence-electron chi connectivity index (χ0n) is 20.9. The zero-order chi connectivity index (χ0) is 25.8. The molecule has 0 aliphatic heterocycles. The predicted molar refractivity (Wildman–Crippen MR) is 142 cm³/mol. The first-order valence-corrected chi connectivity index (χ1v) is 13.7. The number of fused-ring (bicyclic) bond motifs is 3. The summed E-state index contributed by atoms with van der Waals surface area (Å²) >= 11 is 1.66. The Balaban J connectivity index is 1.29. The van der Waals surface area contributed by atoms with Crippen LogP contribution in [0.4, 0.5) is 4.79 Å². The number of alkyl carbamates (subject to hydrolysis) is 1. The Morgan fingerprint density at radius 1 is 1.14 bits per heavy atom. The molecule has 0 saturated heterocycles. The van der Waals surface area contributed by atoms with Gasteiger partial charge >= 0.3 is 6.09 Å². The van der Waals surface area contributed by atoms with Crippen LogP contribution >= 0.6 is 11.3 Å². The average molecular weight is 524 g/mol. The number of thiophene rings is 1. The maximum atomic E-state index is 12.4. The highest BCUT2D eigenvalue weighted by molar-refractivity contribution is 7.19. The molecule has 4 N–H and O–H groups in total. The van der Waals surface area contributed by atoms with E-state index in [9.17, 15) is 9.59 Å². The Bertz CT molecular complexity index is 1240. The Kier molecular flexibility index (Phi) is 7.85. The summed E-state index contributed by atoms with van der Waals surface area (Å²) in [5.74, 6) is 0.0656. The lowest BCUT2D eigenvalue weighted by Crippen LogP contribution is -2.45. The van der Waals surface area contributed by atoms with E-state index < -0.39 is 18.0 Å². The second kappa shape index (κ2) is 11.4. The van der Waals surface area contributed by atoms with Crippen molar-refractivity contribution in [1.29, 1.82) is 0 Å². The number of carbonyl (C=O) groups excluding carboxylic acids is 2. The van der Waals surface area contributed by atoms with E-state index in [0.717, 1.165) is 59.9 Å². The van der Waals surface area contributed by atoms with Gasteiger partial charge in [-0.3, -0.25) is 4.79 Å². The lowest BCUT2D eigenvalue weighted by atomic mass is 9.92. The zero-order valence-corrected chi connectivity index (χ0v) is 21.8. The molecule has 1 saturated carbocycles. The maximum Gasteiger partial charge on any atom is 0.408 e. The number of primary amides is 1. The van der Waals surface area contributed by atoms with Crippen LogP contribution < -0.4 is 21.1 Å². The summed E-state index contributed by atoms with van der Waals surface area (Å²) in [4.78, 5) is 35.9. The average Bonchev–Trinajstić information content (AvgIpc) is 3.48. The highest BCUT2D eigenvalue weighted by atomic mass is 32.1. The van der Waals surface area contributed by atoms with Gasteiger partial charge in [0, 0.05) is 10.9 Å². The minimum absolute atomic E-state index is 0.0315. The minimum Gasteiger partial charge on any atom is -0.474 e. The van der Waals surface area contributed by atoms with Crippen molar-refractivity contribution < 1.29 is 19.1 Å². The van der Waals surface area contributed by atoms with Crippen molar-refractivity contribution in [2.45, 2.75) is 75.7 Å². The van der Waals surface area contributed by atoms with Crippen LogP contribution in [0.15, 0.2) is 36.7 Å². The van der Waals surface area contributed by atoms with Crippen molar-refractivity contribution in [3.8, 4) is 5.88 Å². The molecule has 0 spiro atoms. The Morgan fingerprint density at radius 2 is 1.92 bits per heavy atom. The molecule has 2 atom stereocenters. The van der Waals surface area contributed by atoms with Crippen LogP contribution in [0.25, 0.3) is 10.2 Å². The molecule has 5 rings (SSSR count). The number of benzene rings is 1. The van der Waals surface area contributed by atoms with Crippen molar-refractivity contribution in [2.75, 3.05) is 7.05 Å². The molecule has 196 valence electrons. The van der Waals surface area contributed by atoms with E-state index in [2.05, 4.69) is 20.6 Å². The third kappa shape index (κ3) is 5.86. The third-order valence-electron chi connectivity index (χ3n) is 7.42. The number of rotatable bonds is 9. The SMILES string of the molecule is CNC1CCC(Oc2ncnc3sc4c(c23)[C@@H](C[C@H](NC(=O)OCc2ccccc2)C(N)=O)CC4)CC1. The molecular formula is C27H33N5O4S. The number of nitrogens with zero attached hydrogens (tertiary/aromatic N) is 2. The van der Waals surface area contributed by atoms with Crippen LogP contribution in [0.5, 0.6) is 5.88 Å². The van der Waals surface area contributed by atoms with E-state index in [4.69, 9.17) is 15.2 Å². The molecule has 0 bridgehead atoms. The van der Waals surface area contributed by atoms with Crippen LogP contribution in [-0.4, -0.2) is 47.2 Å². The molecule has 3 aromatic rings. The summed E-state index contributed by atoms with van der Waals surface area (Å²) in [7, 11) is 2.01. The Morgan fingerprint density at radius 3 is 2.65 bits per heavy atom. The summed E-state index contributed by atoms with van der Waals surface area (Å²) < 4.78 is 11.7. The number of hydrogen-bond donors (Lipinski definition) is 3. The van der Waals surface area contributed by atoms with Gasteiger partial charge in [-0.2, -0.15) is 0 Å². The van der Waals surface area contributed by atoms with Gasteiger partial charge in [0.05, 0.1) is 5.39 Å². The minimum atomic E-state index is -0.847. The molecule has 0 radical (unpaired) electrons. The molecule has 2 aliphatic rings. The third-order valence-corrected chi connectivity index (χ3v) is 8.60. The lowest BCUT2D eigenvalue weighted by Gasteiger charge is -2.28. The van der Waals surface area contributed by atoms with Gasteiger partial charge in [0.15, 0.2) is 0 Å². The molecule has 2 aliphatic carbocycles. The van der Waals surface area contributed by atoms with Crippen molar-refractivity contribution in [3.63, 3.8) is 0 Å². The normalized spacial score (nSPS) is 21.8. The maximum absolute atomic E-state index is 12.4. The number of ether oxygens (including phenoxy) is 2. The topological polar surface area (TPSA) is 128 Å². The van der Waals surface area contributed by atoms with E-state index >= 15 is 0 Å². The van der Waals surface area contributed by atoms with Gasteiger partial charge in [-0.25, -0.2) is 14.8 Å². The lowest BCUT2D eigenvalue weighted by molar-refractivity contribution is -0.120. The number of carbonyl (C=O) groups is 2. The number of aryl methyl sites for hydroxylation is 1. The predicted octanol–water partition coefficient (Wildman–Crippen LogP) is 3.80. The van der Waals surface area contributed by atoms with Crippen molar-refractivity contribution in [3.05, 3.63) is 52.7 Å². The smallest absolute Gasteiger partial charge is 0.408 e. The van der Waals surface area contributed by atoms with Gasteiger partial charge in [-0.05, 0) is 69.0 Å². The standard InChI is InChI=1S/C27H33N5O4S/c1-29-18-8-10-19(11-9-18)36-25-23-22-17(7-12-21(22)37-26(23)31-15-30-25)13-20(24(28)33)32-27(34)35-14-16-5-3-2-4-6-16/h2-6,15,17-20,29H,7-14H2,1H3,(H2,28,33)(H,32,34)/t17-,18?,19?,20+/m1/s1. The summed E-state index contributed by atoms with van der Waals surface area (Å²) in [5.41, 5.74) is 7.69. The second-order valence-electron chi connectivity index (χ2n) is 9.81. The van der Waals surface area contributed by atoms with Crippen molar-refractivity contribution in [2.24, 2.45) is 5.73 Å². The molecule has 37 heavy (non-hydrogen) atoms. The molecule has 1 fully saturated rings. The van der Waals surface area contributed by atoms with Crippen LogP contribution in [0, 0.1) is 0 Å². The molecule has 1 aromatic carbocycles. The first-order valence-electron chi connectivity index (χ1n) is 12.9. The Hall–Kier alpha value is -3.24. The number of hydrogen-bond acceptors (Lipinski definition) is 8. The van der Waals surface area contributed by atoms with E-state index in [1.807, 2.05) is 37.4 Å². The first kappa shape index (κ1) is 25.4. The summed E-state index contributed by atoms with van der Waals surface area (Å²) in [5, 5.41) is 6.97. The summed E-state index contributed by atoms with van der Waals surface area (Å²) in [6.45, 7) is 0.120. The highest BCUT2D eigenvalue weighted by Crippen LogP contribution is 2.47. The second-order valence-corrected chi connectivity index (χ2v) is 10.9. The van der Waals surface area contributed by atoms with Gasteiger partial charge in [-0.15, -0.1) is 11.3 Å². The molecule has 2 aromatic heterocycles. The van der Waals surface area contributed by atoms with Gasteiger partial charge in [0.25, 0.3) is 0 Å². The van der Waals surface area contributed by atoms with Gasteiger partial charge in [-0.1, -0.05) is 30.3 Å². The molecule has 0 unspecified atom stereocenters. The van der Waals surface area contributed by atoms with Crippen molar-refractivity contribution in [1.82, 2.24) is 20.6 Å². The van der Waals surface area contributed by atoms with Crippen LogP contribution in [0.1, 0.15) is 60.4 Å². The molecule has 2 heterocycles. The molecule has 9 nitrogen and oxygen atoms in total. The number of nitrogens with one attached hydrogen (secondary N) is 2. The molecular weight excluding hydrogens is 490 g/mol. The van der Waals surface area contributed by atoms with Crippen LogP contribution in [0.2, 0.25) is 0 Å². The van der Waals surface area contributed by atoms with E-state index in [1.165, 1.54) is 4.88 Å². The largest absolute Gasteiger partial charge is 0.474 e. The van der Waals surface area contributed by atoms with Crippen LogP contribution in [0.3, 0.4) is 0 Å². The number of amides is 2. The molecule has 2 amide bonds. The highest BCUT2D eigenvalue weighted by Gasteiger charge is 2.34. The van der Waals surface area contributed by atoms with Crippen molar-refractivity contribution >= 4 is 33.6 Å². The van der Waals surface area contributed by atoms with Gasteiger partial charge in [0.1, 0.15) is 29.9 Å². The van der Waals surface area contributed by atoms with E-state index in [0.29, 0.717) is 18.3 Å². The monoisotopic (exact) mass is 523 g/mol. The fourth-order valence-corrected chi connectivity index (χ4v) is 6.66. The fourth-order valence-electron chi connectivity index (χ4n) is 5.43. The van der Waals surface area contributed by atoms with Crippen LogP contribution in [-0.2, 0) is 22.6 Å². The van der Waals surface area contributed by atoms with E-state index in [-0.39, 0.29) is 18.6 Å². The first-order chi connectivity index (χ1) is 18.0. The number of aromatic nitrogens is 2. The quantitative estimate of drug-likeness (QED) is 0.389. The van der Waals surface area contributed by atoms with Gasteiger partial charge in [0.2, 0.25) is 11.8 Å². The Labute approximate surface area is 220 Å². The van der Waals surface area contributed by atoms with E-state index in [1.54, 1.807) is 17.7 Å². The fraction of sp³-hybridized carbons (Fsp3) is 0.481. The summed E-state index contributed by atoms with van der Waals surface area (Å²) in [6.07, 6.45) is 7.27. The summed E-state index contributed by atoms with van der Waals surface area (Å²) in [6, 6.07) is 9.08. The van der Waals surface area contributed by atoms with Gasteiger partial charge < -0.3 is 25.8 Å². The molecule has 10 heteroatoms.